The number of rotatable bonds is 5. The highest BCUT2D eigenvalue weighted by atomic mass is 32.1. The molecule has 2 heterocycles. The number of hydrogen-bond acceptors (Lipinski definition) is 5. The fourth-order valence-electron chi connectivity index (χ4n) is 1.89. The van der Waals surface area contributed by atoms with E-state index < -0.39 is 0 Å². The number of aromatic nitrogens is 1. The molecule has 2 aromatic heterocycles. The number of oxime groups is 1. The maximum Gasteiger partial charge on any atom is 0.171 e. The lowest BCUT2D eigenvalue weighted by atomic mass is 10.2. The van der Waals surface area contributed by atoms with Crippen LogP contribution in [0.1, 0.15) is 17.4 Å². The van der Waals surface area contributed by atoms with E-state index in [9.17, 15) is 0 Å². The predicted octanol–water partition coefficient (Wildman–Crippen LogP) is 2.30. The fourth-order valence-corrected chi connectivity index (χ4v) is 2.71. The average Bonchev–Trinajstić information content (AvgIpc) is 2.98. The minimum Gasteiger partial charge on any atom is -0.409 e. The second-order valence-corrected chi connectivity index (χ2v) is 5.67. The molecule has 0 aliphatic heterocycles. The Bertz CT molecular complexity index is 565. The molecule has 0 bridgehead atoms. The van der Waals surface area contributed by atoms with Crippen molar-refractivity contribution in [3.8, 4) is 0 Å². The highest BCUT2D eigenvalue weighted by Crippen LogP contribution is 2.18. The Morgan fingerprint density at radius 1 is 1.50 bits per heavy atom. The molecular formula is C14H18N4OS. The average molecular weight is 290 g/mol. The van der Waals surface area contributed by atoms with Gasteiger partial charge < -0.3 is 15.8 Å². The smallest absolute Gasteiger partial charge is 0.171 e. The van der Waals surface area contributed by atoms with Crippen LogP contribution in [-0.4, -0.2) is 29.1 Å². The normalized spacial score (nSPS) is 13.2. The minimum atomic E-state index is 0.0679. The van der Waals surface area contributed by atoms with Gasteiger partial charge in [-0.1, -0.05) is 11.2 Å². The van der Waals surface area contributed by atoms with Gasteiger partial charge >= 0.3 is 0 Å². The van der Waals surface area contributed by atoms with Gasteiger partial charge in [0.15, 0.2) is 5.84 Å². The van der Waals surface area contributed by atoms with E-state index in [4.69, 9.17) is 10.9 Å². The molecule has 6 heteroatoms. The summed E-state index contributed by atoms with van der Waals surface area (Å²) in [6, 6.07) is 8.22. The summed E-state index contributed by atoms with van der Waals surface area (Å²) in [6.07, 6.45) is 2.59. The van der Waals surface area contributed by atoms with E-state index in [0.29, 0.717) is 11.6 Å². The van der Waals surface area contributed by atoms with Crippen molar-refractivity contribution in [3.63, 3.8) is 0 Å². The second-order valence-electron chi connectivity index (χ2n) is 4.63. The number of anilines is 1. The summed E-state index contributed by atoms with van der Waals surface area (Å²) in [7, 11) is 2.02. The molecule has 3 N–H and O–H groups in total. The van der Waals surface area contributed by atoms with Crippen molar-refractivity contribution >= 4 is 23.0 Å². The van der Waals surface area contributed by atoms with E-state index in [0.717, 1.165) is 12.2 Å². The summed E-state index contributed by atoms with van der Waals surface area (Å²) >= 11 is 1.77. The highest BCUT2D eigenvalue weighted by Gasteiger charge is 2.12. The van der Waals surface area contributed by atoms with Gasteiger partial charge in [-0.15, -0.1) is 11.3 Å². The van der Waals surface area contributed by atoms with E-state index >= 15 is 0 Å². The number of pyridine rings is 1. The van der Waals surface area contributed by atoms with Crippen LogP contribution >= 0.6 is 11.3 Å². The lowest BCUT2D eigenvalue weighted by Gasteiger charge is -2.25. The minimum absolute atomic E-state index is 0.0679. The topological polar surface area (TPSA) is 74.7 Å². The summed E-state index contributed by atoms with van der Waals surface area (Å²) in [5, 5.41) is 13.7. The Kier molecular flexibility index (Phi) is 4.57. The Morgan fingerprint density at radius 3 is 2.85 bits per heavy atom. The molecule has 0 saturated carbocycles. The van der Waals surface area contributed by atoms with E-state index in [1.807, 2.05) is 13.1 Å². The van der Waals surface area contributed by atoms with E-state index in [-0.39, 0.29) is 5.84 Å². The highest BCUT2D eigenvalue weighted by molar-refractivity contribution is 7.09. The van der Waals surface area contributed by atoms with Crippen LogP contribution in [0.3, 0.4) is 0 Å². The van der Waals surface area contributed by atoms with E-state index in [1.165, 1.54) is 4.88 Å². The Balaban J connectivity index is 2.06. The third kappa shape index (κ3) is 3.27. The Hall–Kier alpha value is -2.08. The largest absolute Gasteiger partial charge is 0.409 e. The number of amidine groups is 1. The molecule has 0 aromatic carbocycles. The van der Waals surface area contributed by atoms with Crippen molar-refractivity contribution in [3.05, 3.63) is 46.3 Å². The molecular weight excluding hydrogens is 272 g/mol. The van der Waals surface area contributed by atoms with Gasteiger partial charge in [-0.3, -0.25) is 0 Å². The molecule has 0 aliphatic carbocycles. The first-order valence-electron chi connectivity index (χ1n) is 6.31. The molecule has 2 rings (SSSR count). The molecule has 0 spiro atoms. The third-order valence-corrected chi connectivity index (χ3v) is 4.15. The fraction of sp³-hybridized carbons (Fsp3) is 0.286. The van der Waals surface area contributed by atoms with Crippen LogP contribution in [0.4, 0.5) is 5.82 Å². The maximum absolute atomic E-state index is 8.62. The lowest BCUT2D eigenvalue weighted by molar-refractivity contribution is 0.318. The standard InChI is InChI=1S/C14H18N4OS/c1-10(8-12-4-3-7-20-12)18(2)13-6-5-11(9-16-13)14(15)17-19/h3-7,9-10,19H,8H2,1-2H3,(H2,15,17). The van der Waals surface area contributed by atoms with Crippen molar-refractivity contribution in [2.75, 3.05) is 11.9 Å². The SMILES string of the molecule is CC(Cc1cccs1)N(C)c1ccc(C(N)=NO)cn1. The molecule has 106 valence electrons. The zero-order valence-electron chi connectivity index (χ0n) is 11.5. The molecule has 0 aliphatic rings. The quantitative estimate of drug-likeness (QED) is 0.383. The van der Waals surface area contributed by atoms with E-state index in [1.54, 1.807) is 23.6 Å². The zero-order valence-corrected chi connectivity index (χ0v) is 12.3. The van der Waals surface area contributed by atoms with Crippen molar-refractivity contribution in [2.45, 2.75) is 19.4 Å². The van der Waals surface area contributed by atoms with Crippen molar-refractivity contribution in [1.82, 2.24) is 4.98 Å². The van der Waals surface area contributed by atoms with Gasteiger partial charge in [0.2, 0.25) is 0 Å². The van der Waals surface area contributed by atoms with Gasteiger partial charge in [-0.05, 0) is 30.5 Å². The van der Waals surface area contributed by atoms with Crippen molar-refractivity contribution in [2.24, 2.45) is 10.9 Å². The van der Waals surface area contributed by atoms with Crippen molar-refractivity contribution in [1.29, 1.82) is 0 Å². The molecule has 5 nitrogen and oxygen atoms in total. The van der Waals surface area contributed by atoms with Gasteiger partial charge in [-0.25, -0.2) is 4.98 Å². The molecule has 20 heavy (non-hydrogen) atoms. The summed E-state index contributed by atoms with van der Waals surface area (Å²) < 4.78 is 0. The number of nitrogens with zero attached hydrogens (tertiary/aromatic N) is 3. The molecule has 0 fully saturated rings. The summed E-state index contributed by atoms with van der Waals surface area (Å²) in [4.78, 5) is 7.84. The summed E-state index contributed by atoms with van der Waals surface area (Å²) in [5.74, 6) is 0.932. The Morgan fingerprint density at radius 2 is 2.30 bits per heavy atom. The first kappa shape index (κ1) is 14.3. The van der Waals surface area contributed by atoms with E-state index in [2.05, 4.69) is 39.5 Å². The van der Waals surface area contributed by atoms with Crippen LogP contribution in [0.2, 0.25) is 0 Å². The van der Waals surface area contributed by atoms with Crippen molar-refractivity contribution < 1.29 is 5.21 Å². The monoisotopic (exact) mass is 290 g/mol. The third-order valence-electron chi connectivity index (χ3n) is 3.25. The lowest BCUT2D eigenvalue weighted by Crippen LogP contribution is -2.31. The number of hydrogen-bond donors (Lipinski definition) is 2. The first-order valence-corrected chi connectivity index (χ1v) is 7.19. The molecule has 1 unspecified atom stereocenters. The van der Waals surface area contributed by atoms with Crippen LogP contribution in [-0.2, 0) is 6.42 Å². The van der Waals surface area contributed by atoms with Crippen LogP contribution in [0.15, 0.2) is 41.0 Å². The van der Waals surface area contributed by atoms with Crippen LogP contribution < -0.4 is 10.6 Å². The van der Waals surface area contributed by atoms with Gasteiger partial charge in [-0.2, -0.15) is 0 Å². The number of nitrogens with two attached hydrogens (primary N) is 1. The summed E-state index contributed by atoms with van der Waals surface area (Å²) in [6.45, 7) is 2.17. The predicted molar refractivity (Wildman–Crippen MR) is 82.6 cm³/mol. The number of likely N-dealkylation sites (N-methyl/N-ethyl adjacent to an activating group) is 1. The number of thiophene rings is 1. The van der Waals surface area contributed by atoms with Gasteiger partial charge in [0.1, 0.15) is 5.82 Å². The molecule has 1 atom stereocenters. The molecule has 0 saturated heterocycles. The Labute approximate surface area is 122 Å². The maximum atomic E-state index is 8.62. The second kappa shape index (κ2) is 6.38. The first-order chi connectivity index (χ1) is 9.61. The van der Waals surface area contributed by atoms with Gasteiger partial charge in [0.05, 0.1) is 0 Å². The molecule has 0 radical (unpaired) electrons. The molecule has 0 amide bonds. The van der Waals surface area contributed by atoms with Gasteiger partial charge in [0.25, 0.3) is 0 Å². The van der Waals surface area contributed by atoms with Gasteiger partial charge in [0, 0.05) is 36.1 Å². The van der Waals surface area contributed by atoms with Crippen LogP contribution in [0.25, 0.3) is 0 Å². The zero-order chi connectivity index (χ0) is 14.5. The molecule has 2 aromatic rings. The van der Waals surface area contributed by atoms with Crippen LogP contribution in [0, 0.1) is 0 Å². The van der Waals surface area contributed by atoms with Crippen LogP contribution in [0.5, 0.6) is 0 Å². The summed E-state index contributed by atoms with van der Waals surface area (Å²) in [5.41, 5.74) is 6.13.